The maximum absolute atomic E-state index is 11.4. The molecule has 1 saturated carbocycles. The lowest BCUT2D eigenvalue weighted by molar-refractivity contribution is -0.134. The highest BCUT2D eigenvalue weighted by molar-refractivity contribution is 5.90. The standard InChI is InChI=1S/C8H12N2O/c1-5(2)10-8(11)7-3-6(7)4-9-10/h4-7H,3H2,1-2H3. The van der Waals surface area contributed by atoms with Crippen LogP contribution in [-0.2, 0) is 4.79 Å². The van der Waals surface area contributed by atoms with Gasteiger partial charge >= 0.3 is 0 Å². The van der Waals surface area contributed by atoms with E-state index in [-0.39, 0.29) is 17.9 Å². The van der Waals surface area contributed by atoms with E-state index in [1.165, 1.54) is 0 Å². The van der Waals surface area contributed by atoms with Gasteiger partial charge in [0.25, 0.3) is 0 Å². The molecular formula is C8H12N2O. The molecule has 3 nitrogen and oxygen atoms in total. The van der Waals surface area contributed by atoms with Gasteiger partial charge in [0.1, 0.15) is 0 Å². The highest BCUT2D eigenvalue weighted by atomic mass is 16.2. The molecule has 1 heterocycles. The van der Waals surface area contributed by atoms with Crippen molar-refractivity contribution in [2.24, 2.45) is 16.9 Å². The van der Waals surface area contributed by atoms with Crippen LogP contribution in [0.25, 0.3) is 0 Å². The third kappa shape index (κ3) is 0.951. The first-order valence-corrected chi connectivity index (χ1v) is 4.07. The average Bonchev–Trinajstić information content (AvgIpc) is 2.66. The molecule has 0 N–H and O–H groups in total. The van der Waals surface area contributed by atoms with Crippen LogP contribution in [0.1, 0.15) is 20.3 Å². The van der Waals surface area contributed by atoms with Crippen LogP contribution in [-0.4, -0.2) is 23.2 Å². The second kappa shape index (κ2) is 2.06. The highest BCUT2D eigenvalue weighted by Crippen LogP contribution is 2.41. The van der Waals surface area contributed by atoms with Crippen LogP contribution >= 0.6 is 0 Å². The predicted octanol–water partition coefficient (Wildman–Crippen LogP) is 0.859. The molecule has 1 aliphatic carbocycles. The Labute approximate surface area is 66.1 Å². The molecule has 0 radical (unpaired) electrons. The molecule has 60 valence electrons. The summed E-state index contributed by atoms with van der Waals surface area (Å²) < 4.78 is 0. The van der Waals surface area contributed by atoms with Crippen molar-refractivity contribution in [1.29, 1.82) is 0 Å². The van der Waals surface area contributed by atoms with Crippen molar-refractivity contribution in [1.82, 2.24) is 5.01 Å². The highest BCUT2D eigenvalue weighted by Gasteiger charge is 2.47. The molecule has 0 bridgehead atoms. The summed E-state index contributed by atoms with van der Waals surface area (Å²) >= 11 is 0. The molecule has 0 aromatic heterocycles. The second-order valence-corrected chi connectivity index (χ2v) is 3.55. The van der Waals surface area contributed by atoms with Gasteiger partial charge in [-0.15, -0.1) is 0 Å². The fourth-order valence-electron chi connectivity index (χ4n) is 1.44. The lowest BCUT2D eigenvalue weighted by atomic mass is 10.2. The smallest absolute Gasteiger partial charge is 0.246 e. The summed E-state index contributed by atoms with van der Waals surface area (Å²) in [5, 5.41) is 5.68. The van der Waals surface area contributed by atoms with E-state index in [1.54, 1.807) is 5.01 Å². The maximum Gasteiger partial charge on any atom is 0.246 e. The van der Waals surface area contributed by atoms with Gasteiger partial charge < -0.3 is 0 Å². The van der Waals surface area contributed by atoms with Crippen LogP contribution < -0.4 is 0 Å². The fourth-order valence-corrected chi connectivity index (χ4v) is 1.44. The van der Waals surface area contributed by atoms with Gasteiger partial charge in [0.2, 0.25) is 5.91 Å². The van der Waals surface area contributed by atoms with Gasteiger partial charge in [-0.25, -0.2) is 5.01 Å². The topological polar surface area (TPSA) is 32.7 Å². The van der Waals surface area contributed by atoms with E-state index in [0.29, 0.717) is 5.92 Å². The van der Waals surface area contributed by atoms with Crippen molar-refractivity contribution in [2.75, 3.05) is 0 Å². The Morgan fingerprint density at radius 3 is 3.09 bits per heavy atom. The SMILES string of the molecule is CC(C)N1N=CC2CC2C1=O. The van der Waals surface area contributed by atoms with Crippen LogP contribution in [0.3, 0.4) is 0 Å². The van der Waals surface area contributed by atoms with Crippen LogP contribution in [0.5, 0.6) is 0 Å². The Balaban J connectivity index is 2.17. The minimum atomic E-state index is 0.209. The van der Waals surface area contributed by atoms with Gasteiger partial charge in [-0.2, -0.15) is 5.10 Å². The summed E-state index contributed by atoms with van der Waals surface area (Å²) in [6.07, 6.45) is 2.93. The number of fused-ring (bicyclic) bond motifs is 1. The molecule has 0 aromatic carbocycles. The molecule has 2 rings (SSSR count). The summed E-state index contributed by atoms with van der Waals surface area (Å²) in [5.74, 6) is 0.958. The zero-order valence-electron chi connectivity index (χ0n) is 6.82. The van der Waals surface area contributed by atoms with Crippen LogP contribution in [0.15, 0.2) is 5.10 Å². The number of carbonyl (C=O) groups is 1. The fraction of sp³-hybridized carbons (Fsp3) is 0.750. The number of carbonyl (C=O) groups excluding carboxylic acids is 1. The lowest BCUT2D eigenvalue weighted by Gasteiger charge is -2.23. The van der Waals surface area contributed by atoms with Crippen molar-refractivity contribution in [3.8, 4) is 0 Å². The average molecular weight is 152 g/mol. The normalized spacial score (nSPS) is 34.5. The van der Waals surface area contributed by atoms with E-state index in [9.17, 15) is 4.79 Å². The number of nitrogens with zero attached hydrogens (tertiary/aromatic N) is 2. The number of amides is 1. The molecule has 3 heteroatoms. The van der Waals surface area contributed by atoms with E-state index >= 15 is 0 Å². The van der Waals surface area contributed by atoms with Crippen molar-refractivity contribution in [3.63, 3.8) is 0 Å². The van der Waals surface area contributed by atoms with E-state index in [2.05, 4.69) is 5.10 Å². The third-order valence-corrected chi connectivity index (χ3v) is 2.25. The summed E-state index contributed by atoms with van der Waals surface area (Å²) in [4.78, 5) is 11.4. The van der Waals surface area contributed by atoms with Crippen LogP contribution in [0.2, 0.25) is 0 Å². The molecule has 1 fully saturated rings. The minimum Gasteiger partial charge on any atom is -0.273 e. The Hall–Kier alpha value is -0.860. The van der Waals surface area contributed by atoms with Gasteiger partial charge in [0.05, 0.1) is 0 Å². The summed E-state index contributed by atoms with van der Waals surface area (Å²) in [6.45, 7) is 3.97. The van der Waals surface area contributed by atoms with E-state index in [1.807, 2.05) is 20.1 Å². The zero-order chi connectivity index (χ0) is 8.01. The predicted molar refractivity (Wildman–Crippen MR) is 42.1 cm³/mol. The molecule has 1 amide bonds. The second-order valence-electron chi connectivity index (χ2n) is 3.55. The van der Waals surface area contributed by atoms with Gasteiger partial charge in [-0.3, -0.25) is 4.79 Å². The molecule has 11 heavy (non-hydrogen) atoms. The Kier molecular flexibility index (Phi) is 1.28. The molecule has 2 atom stereocenters. The van der Waals surface area contributed by atoms with E-state index < -0.39 is 0 Å². The molecular weight excluding hydrogens is 140 g/mol. The quantitative estimate of drug-likeness (QED) is 0.548. The first-order valence-electron chi connectivity index (χ1n) is 4.07. The first-order chi connectivity index (χ1) is 5.20. The number of hydrogen-bond acceptors (Lipinski definition) is 2. The van der Waals surface area contributed by atoms with Gasteiger partial charge in [-0.1, -0.05) is 0 Å². The number of hydrazone groups is 1. The minimum absolute atomic E-state index is 0.209. The van der Waals surface area contributed by atoms with E-state index in [4.69, 9.17) is 0 Å². The lowest BCUT2D eigenvalue weighted by Crippen LogP contribution is -2.36. The Bertz CT molecular complexity index is 222. The van der Waals surface area contributed by atoms with Crippen molar-refractivity contribution in [3.05, 3.63) is 0 Å². The summed E-state index contributed by atoms with van der Waals surface area (Å²) in [7, 11) is 0. The molecule has 2 unspecified atom stereocenters. The third-order valence-electron chi connectivity index (χ3n) is 2.25. The molecule has 0 saturated heterocycles. The van der Waals surface area contributed by atoms with E-state index in [0.717, 1.165) is 6.42 Å². The molecule has 2 aliphatic rings. The summed E-state index contributed by atoms with van der Waals surface area (Å²) in [6, 6.07) is 0.209. The van der Waals surface area contributed by atoms with Crippen LogP contribution in [0, 0.1) is 11.8 Å². The Morgan fingerprint density at radius 2 is 2.45 bits per heavy atom. The maximum atomic E-state index is 11.4. The molecule has 0 aromatic rings. The van der Waals surface area contributed by atoms with Crippen molar-refractivity contribution in [2.45, 2.75) is 26.3 Å². The van der Waals surface area contributed by atoms with Crippen molar-refractivity contribution < 1.29 is 4.79 Å². The first kappa shape index (κ1) is 6.83. The molecule has 1 aliphatic heterocycles. The number of hydrogen-bond donors (Lipinski definition) is 0. The summed E-state index contributed by atoms with van der Waals surface area (Å²) in [5.41, 5.74) is 0. The zero-order valence-corrected chi connectivity index (χ0v) is 6.82. The monoisotopic (exact) mass is 152 g/mol. The van der Waals surface area contributed by atoms with Gasteiger partial charge in [0, 0.05) is 24.1 Å². The largest absolute Gasteiger partial charge is 0.273 e. The number of rotatable bonds is 1. The van der Waals surface area contributed by atoms with Crippen molar-refractivity contribution >= 4 is 12.1 Å². The van der Waals surface area contributed by atoms with Gasteiger partial charge in [0.15, 0.2) is 0 Å². The Morgan fingerprint density at radius 1 is 1.73 bits per heavy atom. The molecule has 0 spiro atoms. The van der Waals surface area contributed by atoms with Gasteiger partial charge in [-0.05, 0) is 20.3 Å². The van der Waals surface area contributed by atoms with Crippen LogP contribution in [0.4, 0.5) is 0 Å².